The first-order valence-electron chi connectivity index (χ1n) is 5.38. The lowest BCUT2D eigenvalue weighted by atomic mass is 9.98. The van der Waals surface area contributed by atoms with Crippen LogP contribution >= 0.6 is 0 Å². The summed E-state index contributed by atoms with van der Waals surface area (Å²) in [4.78, 5) is 23.4. The summed E-state index contributed by atoms with van der Waals surface area (Å²) in [5.74, 6) is -1.05. The second-order valence-corrected chi connectivity index (χ2v) is 3.77. The van der Waals surface area contributed by atoms with E-state index < -0.39 is 24.1 Å². The molecule has 0 spiro atoms. The number of nitrogens with zero attached hydrogens (tertiary/aromatic N) is 1. The smallest absolute Gasteiger partial charge is 0.407 e. The summed E-state index contributed by atoms with van der Waals surface area (Å²) in [6.45, 7) is 2.48. The number of carboxylic acid groups (broad SMARTS) is 1. The number of carbonyl (C=O) groups excluding carboxylic acids is 1. The van der Waals surface area contributed by atoms with E-state index in [0.29, 0.717) is 6.42 Å². The molecule has 0 aromatic heterocycles. The molecule has 1 aliphatic heterocycles. The Morgan fingerprint density at radius 2 is 2.00 bits per heavy atom. The zero-order chi connectivity index (χ0) is 12.1. The molecule has 0 aromatic carbocycles. The average molecular weight is 231 g/mol. The third-order valence-electron chi connectivity index (χ3n) is 2.73. The van der Waals surface area contributed by atoms with Crippen LogP contribution in [0.1, 0.15) is 19.8 Å². The van der Waals surface area contributed by atoms with Crippen molar-refractivity contribution < 1.29 is 24.5 Å². The summed E-state index contributed by atoms with van der Waals surface area (Å²) in [5.41, 5.74) is 0. The number of esters is 1. The van der Waals surface area contributed by atoms with Gasteiger partial charge in [0.05, 0.1) is 18.6 Å². The topological polar surface area (TPSA) is 87.1 Å². The van der Waals surface area contributed by atoms with Gasteiger partial charge in [-0.3, -0.25) is 4.79 Å². The number of carbonyl (C=O) groups is 2. The first kappa shape index (κ1) is 12.8. The van der Waals surface area contributed by atoms with Gasteiger partial charge in [-0.1, -0.05) is 0 Å². The van der Waals surface area contributed by atoms with Crippen LogP contribution in [-0.4, -0.2) is 53.0 Å². The van der Waals surface area contributed by atoms with Crippen LogP contribution in [0, 0.1) is 5.92 Å². The van der Waals surface area contributed by atoms with Gasteiger partial charge < -0.3 is 19.8 Å². The van der Waals surface area contributed by atoms with Crippen LogP contribution in [0.25, 0.3) is 0 Å². The maximum Gasteiger partial charge on any atom is 0.407 e. The zero-order valence-corrected chi connectivity index (χ0v) is 9.26. The molecule has 1 aliphatic rings. The van der Waals surface area contributed by atoms with Gasteiger partial charge in [0.25, 0.3) is 0 Å². The third kappa shape index (κ3) is 3.10. The number of hydrogen-bond acceptors (Lipinski definition) is 4. The van der Waals surface area contributed by atoms with E-state index in [4.69, 9.17) is 9.84 Å². The molecule has 2 unspecified atom stereocenters. The maximum atomic E-state index is 11.5. The Morgan fingerprint density at radius 1 is 1.38 bits per heavy atom. The molecule has 0 bridgehead atoms. The Balaban J connectivity index is 2.60. The molecule has 1 amide bonds. The number of aliphatic hydroxyl groups excluding tert-OH is 1. The second kappa shape index (κ2) is 5.69. The quantitative estimate of drug-likeness (QED) is 0.667. The molecule has 1 saturated heterocycles. The summed E-state index contributed by atoms with van der Waals surface area (Å²) in [6.07, 6.45) is -1.25. The van der Waals surface area contributed by atoms with E-state index >= 15 is 0 Å². The van der Waals surface area contributed by atoms with Crippen molar-refractivity contribution in [2.45, 2.75) is 25.9 Å². The number of likely N-dealkylation sites (tertiary alicyclic amines) is 1. The highest BCUT2D eigenvalue weighted by molar-refractivity contribution is 5.73. The summed E-state index contributed by atoms with van der Waals surface area (Å²) < 4.78 is 4.84. The summed E-state index contributed by atoms with van der Waals surface area (Å²) >= 11 is 0. The van der Waals surface area contributed by atoms with Crippen LogP contribution < -0.4 is 0 Å². The maximum absolute atomic E-state index is 11.5. The molecule has 92 valence electrons. The van der Waals surface area contributed by atoms with Crippen LogP contribution in [0.4, 0.5) is 4.79 Å². The van der Waals surface area contributed by atoms with Crippen LogP contribution in [-0.2, 0) is 9.53 Å². The van der Waals surface area contributed by atoms with Crippen molar-refractivity contribution in [3.05, 3.63) is 0 Å². The lowest BCUT2D eigenvalue weighted by molar-refractivity contribution is -0.152. The molecule has 1 fully saturated rings. The molecule has 0 radical (unpaired) electrons. The van der Waals surface area contributed by atoms with Crippen molar-refractivity contribution >= 4 is 12.1 Å². The van der Waals surface area contributed by atoms with Crippen molar-refractivity contribution in [1.29, 1.82) is 0 Å². The Bertz CT molecular complexity index is 268. The number of ether oxygens (including phenoxy) is 1. The highest BCUT2D eigenvalue weighted by Crippen LogP contribution is 2.19. The molecule has 1 heterocycles. The standard InChI is InChI=1S/C10H17NO5/c1-2-16-9(13)7-3-5-11(10(14)15)6-4-8(7)12/h7-8,12H,2-6H2,1H3,(H,14,15). The summed E-state index contributed by atoms with van der Waals surface area (Å²) in [6, 6.07) is 0. The van der Waals surface area contributed by atoms with E-state index in [1.807, 2.05) is 0 Å². The van der Waals surface area contributed by atoms with Crippen molar-refractivity contribution in [3.63, 3.8) is 0 Å². The zero-order valence-electron chi connectivity index (χ0n) is 9.26. The van der Waals surface area contributed by atoms with Crippen molar-refractivity contribution in [2.24, 2.45) is 5.92 Å². The van der Waals surface area contributed by atoms with Crippen LogP contribution in [0.5, 0.6) is 0 Å². The van der Waals surface area contributed by atoms with E-state index in [-0.39, 0.29) is 26.1 Å². The van der Waals surface area contributed by atoms with Gasteiger partial charge in [0.2, 0.25) is 0 Å². The van der Waals surface area contributed by atoms with Gasteiger partial charge in [-0.2, -0.15) is 0 Å². The van der Waals surface area contributed by atoms with Crippen molar-refractivity contribution in [3.8, 4) is 0 Å². The van der Waals surface area contributed by atoms with Crippen LogP contribution in [0.3, 0.4) is 0 Å². The minimum Gasteiger partial charge on any atom is -0.466 e. The Morgan fingerprint density at radius 3 is 2.56 bits per heavy atom. The molecule has 1 rings (SSSR count). The van der Waals surface area contributed by atoms with Gasteiger partial charge >= 0.3 is 12.1 Å². The van der Waals surface area contributed by atoms with Gasteiger partial charge in [0.15, 0.2) is 0 Å². The van der Waals surface area contributed by atoms with E-state index in [9.17, 15) is 14.7 Å². The van der Waals surface area contributed by atoms with Gasteiger partial charge in [0, 0.05) is 13.1 Å². The molecule has 2 atom stereocenters. The number of hydrogen-bond donors (Lipinski definition) is 2. The van der Waals surface area contributed by atoms with Gasteiger partial charge in [-0.25, -0.2) is 4.79 Å². The van der Waals surface area contributed by atoms with Crippen molar-refractivity contribution in [2.75, 3.05) is 19.7 Å². The lowest BCUT2D eigenvalue weighted by Crippen LogP contribution is -2.30. The van der Waals surface area contributed by atoms with Crippen LogP contribution in [0.2, 0.25) is 0 Å². The summed E-state index contributed by atoms with van der Waals surface area (Å²) in [7, 11) is 0. The highest BCUT2D eigenvalue weighted by Gasteiger charge is 2.32. The minimum atomic E-state index is -1.02. The number of aliphatic hydroxyl groups is 1. The molecule has 2 N–H and O–H groups in total. The SMILES string of the molecule is CCOC(=O)C1CCN(C(=O)O)CCC1O. The second-order valence-electron chi connectivity index (χ2n) is 3.77. The number of amides is 1. The normalized spacial score (nSPS) is 26.0. The van der Waals surface area contributed by atoms with Gasteiger partial charge in [-0.05, 0) is 19.8 Å². The van der Waals surface area contributed by atoms with Crippen molar-refractivity contribution in [1.82, 2.24) is 4.90 Å². The van der Waals surface area contributed by atoms with E-state index in [1.165, 1.54) is 4.90 Å². The lowest BCUT2D eigenvalue weighted by Gasteiger charge is -2.17. The monoisotopic (exact) mass is 231 g/mol. The van der Waals surface area contributed by atoms with Crippen LogP contribution in [0.15, 0.2) is 0 Å². The largest absolute Gasteiger partial charge is 0.466 e. The molecule has 0 aliphatic carbocycles. The van der Waals surface area contributed by atoms with E-state index in [0.717, 1.165) is 0 Å². The molecule has 6 nitrogen and oxygen atoms in total. The fourth-order valence-electron chi connectivity index (χ4n) is 1.80. The first-order valence-corrected chi connectivity index (χ1v) is 5.38. The fourth-order valence-corrected chi connectivity index (χ4v) is 1.80. The highest BCUT2D eigenvalue weighted by atomic mass is 16.5. The summed E-state index contributed by atoms with van der Waals surface area (Å²) in [5, 5.41) is 18.5. The molecular weight excluding hydrogens is 214 g/mol. The Kier molecular flexibility index (Phi) is 4.54. The number of rotatable bonds is 2. The minimum absolute atomic E-state index is 0.256. The average Bonchev–Trinajstić information content (AvgIpc) is 2.40. The van der Waals surface area contributed by atoms with Gasteiger partial charge in [0.1, 0.15) is 0 Å². The molecule has 16 heavy (non-hydrogen) atoms. The molecule has 0 saturated carbocycles. The first-order chi connectivity index (χ1) is 7.56. The Labute approximate surface area is 93.8 Å². The predicted molar refractivity (Wildman–Crippen MR) is 55.0 cm³/mol. The van der Waals surface area contributed by atoms with E-state index in [1.54, 1.807) is 6.92 Å². The molecule has 6 heteroatoms. The molecule has 0 aromatic rings. The molecular formula is C10H17NO5. The predicted octanol–water partition coefficient (Wildman–Crippen LogP) is 0.300. The fraction of sp³-hybridized carbons (Fsp3) is 0.800. The van der Waals surface area contributed by atoms with Gasteiger partial charge in [-0.15, -0.1) is 0 Å². The Hall–Kier alpha value is -1.30. The third-order valence-corrected chi connectivity index (χ3v) is 2.73. The van der Waals surface area contributed by atoms with E-state index in [2.05, 4.69) is 0 Å².